The van der Waals surface area contributed by atoms with E-state index in [-0.39, 0.29) is 0 Å². The molecular weight excluding hydrogens is 233 g/mol. The zero-order chi connectivity index (χ0) is 12.9. The fraction of sp³-hybridized carbons (Fsp3) is 0.455. The maximum absolute atomic E-state index is 12.4. The smallest absolute Gasteiger partial charge is 0.307 e. The third-order valence-corrected chi connectivity index (χ3v) is 2.02. The molecule has 1 aromatic rings. The summed E-state index contributed by atoms with van der Waals surface area (Å²) < 4.78 is 37.2. The zero-order valence-corrected chi connectivity index (χ0v) is 9.71. The van der Waals surface area contributed by atoms with Gasteiger partial charge < -0.3 is 4.90 Å². The van der Waals surface area contributed by atoms with Crippen LogP contribution in [-0.2, 0) is 11.0 Å². The Hall–Kier alpha value is -1.27. The summed E-state index contributed by atoms with van der Waals surface area (Å²) in [6.45, 7) is 1.08. The molecule has 0 spiro atoms. The molecule has 0 saturated heterocycles. The predicted molar refractivity (Wildman–Crippen MR) is 59.6 cm³/mol. The first kappa shape index (κ1) is 13.8. The molecule has 0 saturated carbocycles. The molecule has 0 radical (unpaired) electrons. The fourth-order valence-electron chi connectivity index (χ4n) is 1.12. The van der Waals surface area contributed by atoms with Gasteiger partial charge in [-0.25, -0.2) is 0 Å². The summed E-state index contributed by atoms with van der Waals surface area (Å²) in [4.78, 5) is 6.95. The highest BCUT2D eigenvalue weighted by Crippen LogP contribution is 2.30. The topological polar surface area (TPSA) is 24.5 Å². The number of anilines is 1. The van der Waals surface area contributed by atoms with Gasteiger partial charge in [-0.3, -0.25) is 10.3 Å². The standard InChI is InChI=1S/C11H15F3N2O/c1-16(2)6-7-17-15-10-5-3-4-9(8-10)11(12,13)14/h3-5,8,15H,6-7H2,1-2H3. The molecule has 0 atom stereocenters. The number of nitrogens with zero attached hydrogens (tertiary/aromatic N) is 1. The van der Waals surface area contributed by atoms with E-state index in [0.29, 0.717) is 18.8 Å². The second-order valence-corrected chi connectivity index (χ2v) is 3.83. The molecule has 0 unspecified atom stereocenters. The molecule has 0 aliphatic rings. The van der Waals surface area contributed by atoms with E-state index in [9.17, 15) is 13.2 Å². The molecule has 1 aromatic carbocycles. The quantitative estimate of drug-likeness (QED) is 0.640. The number of hydrogen-bond acceptors (Lipinski definition) is 3. The van der Waals surface area contributed by atoms with Gasteiger partial charge in [-0.05, 0) is 32.3 Å². The largest absolute Gasteiger partial charge is 0.416 e. The Morgan fingerprint density at radius 2 is 2.00 bits per heavy atom. The second kappa shape index (κ2) is 5.88. The molecule has 6 heteroatoms. The van der Waals surface area contributed by atoms with Crippen molar-refractivity contribution in [2.75, 3.05) is 32.7 Å². The number of benzene rings is 1. The normalized spacial score (nSPS) is 11.9. The van der Waals surface area contributed by atoms with Crippen LogP contribution in [0, 0.1) is 0 Å². The van der Waals surface area contributed by atoms with Crippen LogP contribution in [0.15, 0.2) is 24.3 Å². The van der Waals surface area contributed by atoms with E-state index in [0.717, 1.165) is 12.1 Å². The summed E-state index contributed by atoms with van der Waals surface area (Å²) in [5.74, 6) is 0. The Morgan fingerprint density at radius 1 is 1.29 bits per heavy atom. The Morgan fingerprint density at radius 3 is 2.59 bits per heavy atom. The molecule has 0 fully saturated rings. The van der Waals surface area contributed by atoms with E-state index in [2.05, 4.69) is 5.48 Å². The Balaban J connectivity index is 2.49. The average Bonchev–Trinajstić information content (AvgIpc) is 2.23. The highest BCUT2D eigenvalue weighted by molar-refractivity contribution is 5.44. The summed E-state index contributed by atoms with van der Waals surface area (Å²) in [6.07, 6.45) is -4.33. The van der Waals surface area contributed by atoms with E-state index in [1.165, 1.54) is 12.1 Å². The number of hydrogen-bond donors (Lipinski definition) is 1. The first-order valence-corrected chi connectivity index (χ1v) is 5.09. The van der Waals surface area contributed by atoms with Crippen molar-refractivity contribution >= 4 is 5.69 Å². The minimum atomic E-state index is -4.33. The van der Waals surface area contributed by atoms with E-state index in [4.69, 9.17) is 4.84 Å². The zero-order valence-electron chi connectivity index (χ0n) is 9.71. The second-order valence-electron chi connectivity index (χ2n) is 3.83. The Bertz CT molecular complexity index is 353. The lowest BCUT2D eigenvalue weighted by Gasteiger charge is -2.12. The SMILES string of the molecule is CN(C)CCONc1cccc(C(F)(F)F)c1. The van der Waals surface area contributed by atoms with Crippen molar-refractivity contribution in [1.82, 2.24) is 4.90 Å². The van der Waals surface area contributed by atoms with Crippen LogP contribution in [-0.4, -0.2) is 32.1 Å². The third kappa shape index (κ3) is 5.06. The molecule has 96 valence electrons. The van der Waals surface area contributed by atoms with Crippen LogP contribution in [0.2, 0.25) is 0 Å². The minimum absolute atomic E-state index is 0.290. The maximum Gasteiger partial charge on any atom is 0.416 e. The third-order valence-electron chi connectivity index (χ3n) is 2.02. The van der Waals surface area contributed by atoms with Gasteiger partial charge >= 0.3 is 6.18 Å². The van der Waals surface area contributed by atoms with Gasteiger partial charge in [0, 0.05) is 6.54 Å². The van der Waals surface area contributed by atoms with Crippen LogP contribution in [0.4, 0.5) is 18.9 Å². The number of alkyl halides is 3. The van der Waals surface area contributed by atoms with Crippen molar-refractivity contribution < 1.29 is 18.0 Å². The maximum atomic E-state index is 12.4. The number of rotatable bonds is 5. The first-order chi connectivity index (χ1) is 7.89. The van der Waals surface area contributed by atoms with Crippen LogP contribution in [0.1, 0.15) is 5.56 Å². The molecule has 0 aliphatic carbocycles. The molecule has 0 aliphatic heterocycles. The van der Waals surface area contributed by atoms with Crippen molar-refractivity contribution in [2.24, 2.45) is 0 Å². The Kier molecular flexibility index (Phi) is 4.77. The Labute approximate surface area is 98.1 Å². The summed E-state index contributed by atoms with van der Waals surface area (Å²) in [5, 5.41) is 0. The highest BCUT2D eigenvalue weighted by Gasteiger charge is 2.30. The van der Waals surface area contributed by atoms with Gasteiger partial charge in [0.15, 0.2) is 0 Å². The van der Waals surface area contributed by atoms with Gasteiger partial charge in [0.05, 0.1) is 17.9 Å². The fourth-order valence-corrected chi connectivity index (χ4v) is 1.12. The lowest BCUT2D eigenvalue weighted by atomic mass is 10.2. The molecule has 1 N–H and O–H groups in total. The van der Waals surface area contributed by atoms with Crippen LogP contribution in [0.25, 0.3) is 0 Å². The molecule has 17 heavy (non-hydrogen) atoms. The monoisotopic (exact) mass is 248 g/mol. The number of halogens is 3. The van der Waals surface area contributed by atoms with Crippen LogP contribution < -0.4 is 5.48 Å². The lowest BCUT2D eigenvalue weighted by molar-refractivity contribution is -0.137. The molecule has 0 aromatic heterocycles. The van der Waals surface area contributed by atoms with Gasteiger partial charge in [-0.15, -0.1) is 0 Å². The summed E-state index contributed by atoms with van der Waals surface area (Å²) in [7, 11) is 3.77. The van der Waals surface area contributed by atoms with Gasteiger partial charge in [0.1, 0.15) is 0 Å². The van der Waals surface area contributed by atoms with Gasteiger partial charge in [-0.1, -0.05) is 6.07 Å². The van der Waals surface area contributed by atoms with Crippen LogP contribution in [0.3, 0.4) is 0 Å². The molecule has 0 bridgehead atoms. The van der Waals surface area contributed by atoms with Crippen molar-refractivity contribution in [3.63, 3.8) is 0 Å². The number of nitrogens with one attached hydrogen (secondary N) is 1. The predicted octanol–water partition coefficient (Wildman–Crippen LogP) is 2.61. The summed E-state index contributed by atoms with van der Waals surface area (Å²) >= 11 is 0. The van der Waals surface area contributed by atoms with Gasteiger partial charge in [-0.2, -0.15) is 13.2 Å². The summed E-state index contributed by atoms with van der Waals surface area (Å²) in [5.41, 5.74) is 2.08. The first-order valence-electron chi connectivity index (χ1n) is 5.09. The molecule has 1 rings (SSSR count). The summed E-state index contributed by atoms with van der Waals surface area (Å²) in [6, 6.07) is 4.88. The van der Waals surface area contributed by atoms with E-state index >= 15 is 0 Å². The molecular formula is C11H15F3N2O. The van der Waals surface area contributed by atoms with E-state index in [1.54, 1.807) is 0 Å². The van der Waals surface area contributed by atoms with Crippen LogP contribution in [0.5, 0.6) is 0 Å². The molecule has 0 heterocycles. The van der Waals surface area contributed by atoms with E-state index in [1.807, 2.05) is 19.0 Å². The number of likely N-dealkylation sites (N-methyl/N-ethyl adjacent to an activating group) is 1. The average molecular weight is 248 g/mol. The highest BCUT2D eigenvalue weighted by atomic mass is 19.4. The minimum Gasteiger partial charge on any atom is -0.307 e. The van der Waals surface area contributed by atoms with Gasteiger partial charge in [0.2, 0.25) is 0 Å². The van der Waals surface area contributed by atoms with Crippen molar-refractivity contribution in [3.8, 4) is 0 Å². The van der Waals surface area contributed by atoms with Crippen molar-refractivity contribution in [2.45, 2.75) is 6.18 Å². The van der Waals surface area contributed by atoms with E-state index < -0.39 is 11.7 Å². The molecule has 3 nitrogen and oxygen atoms in total. The van der Waals surface area contributed by atoms with Gasteiger partial charge in [0.25, 0.3) is 0 Å². The van der Waals surface area contributed by atoms with Crippen molar-refractivity contribution in [1.29, 1.82) is 0 Å². The molecule has 0 amide bonds. The van der Waals surface area contributed by atoms with Crippen LogP contribution >= 0.6 is 0 Å². The lowest BCUT2D eigenvalue weighted by Crippen LogP contribution is -2.19. The van der Waals surface area contributed by atoms with Crippen molar-refractivity contribution in [3.05, 3.63) is 29.8 Å².